The number of urea groups is 1. The fourth-order valence-electron chi connectivity index (χ4n) is 2.48. The molecular formula is C13H20N4O3. The predicted octanol–water partition coefficient (Wildman–Crippen LogP) is 1.18. The molecule has 2 amide bonds. The van der Waals surface area contributed by atoms with E-state index in [1.54, 1.807) is 13.2 Å². The lowest BCUT2D eigenvalue weighted by Gasteiger charge is -2.23. The number of aromatic nitrogens is 2. The van der Waals surface area contributed by atoms with Gasteiger partial charge in [-0.3, -0.25) is 4.68 Å². The minimum Gasteiger partial charge on any atom is -0.479 e. The Hall–Kier alpha value is -2.05. The Morgan fingerprint density at radius 1 is 1.40 bits per heavy atom. The number of carbonyl (C=O) groups excluding carboxylic acids is 1. The van der Waals surface area contributed by atoms with E-state index in [2.05, 4.69) is 15.7 Å². The van der Waals surface area contributed by atoms with E-state index in [0.717, 1.165) is 25.7 Å². The third-order valence-electron chi connectivity index (χ3n) is 3.52. The van der Waals surface area contributed by atoms with E-state index in [1.165, 1.54) is 17.3 Å². The monoisotopic (exact) mass is 280 g/mol. The molecule has 7 nitrogen and oxygen atoms in total. The average molecular weight is 280 g/mol. The number of carboxylic acid groups (broad SMARTS) is 1. The van der Waals surface area contributed by atoms with E-state index < -0.39 is 18.0 Å². The molecule has 0 bridgehead atoms. The van der Waals surface area contributed by atoms with Crippen molar-refractivity contribution >= 4 is 12.0 Å². The highest BCUT2D eigenvalue weighted by Crippen LogP contribution is 2.17. The van der Waals surface area contributed by atoms with E-state index in [-0.39, 0.29) is 6.04 Å². The van der Waals surface area contributed by atoms with Crippen LogP contribution in [-0.4, -0.2) is 32.9 Å². The highest BCUT2D eigenvalue weighted by atomic mass is 16.4. The van der Waals surface area contributed by atoms with E-state index in [0.29, 0.717) is 5.56 Å². The van der Waals surface area contributed by atoms with Gasteiger partial charge in [-0.1, -0.05) is 19.3 Å². The average Bonchev–Trinajstić information content (AvgIpc) is 2.83. The van der Waals surface area contributed by atoms with Crippen molar-refractivity contribution in [2.45, 2.75) is 44.2 Å². The Labute approximate surface area is 117 Å². The second-order valence-corrected chi connectivity index (χ2v) is 5.17. The van der Waals surface area contributed by atoms with Crippen molar-refractivity contribution in [3.8, 4) is 0 Å². The van der Waals surface area contributed by atoms with Crippen molar-refractivity contribution in [2.75, 3.05) is 0 Å². The molecule has 1 heterocycles. The Morgan fingerprint density at radius 3 is 2.65 bits per heavy atom. The van der Waals surface area contributed by atoms with Gasteiger partial charge in [-0.25, -0.2) is 9.59 Å². The van der Waals surface area contributed by atoms with Crippen LogP contribution >= 0.6 is 0 Å². The SMILES string of the molecule is Cn1cc(C(NC(=O)NC2CCCCC2)C(=O)O)cn1. The summed E-state index contributed by atoms with van der Waals surface area (Å²) < 4.78 is 1.51. The first-order valence-electron chi connectivity index (χ1n) is 6.84. The lowest BCUT2D eigenvalue weighted by molar-refractivity contribution is -0.139. The van der Waals surface area contributed by atoms with Gasteiger partial charge < -0.3 is 15.7 Å². The number of nitrogens with one attached hydrogen (secondary N) is 2. The quantitative estimate of drug-likeness (QED) is 0.771. The van der Waals surface area contributed by atoms with Crippen LogP contribution in [0.15, 0.2) is 12.4 Å². The zero-order valence-electron chi connectivity index (χ0n) is 11.5. The van der Waals surface area contributed by atoms with Crippen molar-refractivity contribution in [3.05, 3.63) is 18.0 Å². The molecule has 2 rings (SSSR count). The summed E-state index contributed by atoms with van der Waals surface area (Å²) in [6.07, 6.45) is 8.36. The molecule has 1 atom stereocenters. The molecule has 0 radical (unpaired) electrons. The third-order valence-corrected chi connectivity index (χ3v) is 3.52. The smallest absolute Gasteiger partial charge is 0.331 e. The first-order chi connectivity index (χ1) is 9.56. The van der Waals surface area contributed by atoms with Crippen molar-refractivity contribution in [1.82, 2.24) is 20.4 Å². The summed E-state index contributed by atoms with van der Waals surface area (Å²) >= 11 is 0. The molecule has 0 spiro atoms. The highest BCUT2D eigenvalue weighted by molar-refractivity contribution is 5.83. The van der Waals surface area contributed by atoms with Crippen molar-refractivity contribution < 1.29 is 14.7 Å². The summed E-state index contributed by atoms with van der Waals surface area (Å²) in [6.45, 7) is 0. The first kappa shape index (κ1) is 14.4. The molecule has 1 aromatic rings. The Balaban J connectivity index is 1.94. The van der Waals surface area contributed by atoms with Gasteiger partial charge in [0, 0.05) is 24.8 Å². The number of carbonyl (C=O) groups is 2. The number of aliphatic carboxylic acids is 1. The Kier molecular flexibility index (Phi) is 4.60. The number of aryl methyl sites for hydroxylation is 1. The maximum atomic E-state index is 11.9. The molecule has 1 fully saturated rings. The zero-order chi connectivity index (χ0) is 14.5. The molecule has 1 unspecified atom stereocenters. The van der Waals surface area contributed by atoms with Gasteiger partial charge in [-0.05, 0) is 12.8 Å². The summed E-state index contributed by atoms with van der Waals surface area (Å²) in [5.74, 6) is -1.10. The molecule has 0 aromatic carbocycles. The topological polar surface area (TPSA) is 96.2 Å². The van der Waals surface area contributed by atoms with Crippen molar-refractivity contribution in [3.63, 3.8) is 0 Å². The summed E-state index contributed by atoms with van der Waals surface area (Å²) in [6, 6.07) is -1.37. The largest absolute Gasteiger partial charge is 0.479 e. The van der Waals surface area contributed by atoms with Crippen molar-refractivity contribution in [1.29, 1.82) is 0 Å². The zero-order valence-corrected chi connectivity index (χ0v) is 11.5. The van der Waals surface area contributed by atoms with Crippen LogP contribution in [-0.2, 0) is 11.8 Å². The fraction of sp³-hybridized carbons (Fsp3) is 0.615. The lowest BCUT2D eigenvalue weighted by atomic mass is 9.96. The van der Waals surface area contributed by atoms with Gasteiger partial charge in [0.05, 0.1) is 6.20 Å². The fourth-order valence-corrected chi connectivity index (χ4v) is 2.48. The molecule has 7 heteroatoms. The molecule has 20 heavy (non-hydrogen) atoms. The van der Waals surface area contributed by atoms with Crippen LogP contribution in [0.5, 0.6) is 0 Å². The van der Waals surface area contributed by atoms with Crippen LogP contribution in [0.1, 0.15) is 43.7 Å². The van der Waals surface area contributed by atoms with Gasteiger partial charge >= 0.3 is 12.0 Å². The molecular weight excluding hydrogens is 260 g/mol. The van der Waals surface area contributed by atoms with E-state index in [1.807, 2.05) is 0 Å². The normalized spacial score (nSPS) is 17.4. The Bertz CT molecular complexity index is 480. The maximum Gasteiger partial charge on any atom is 0.331 e. The van der Waals surface area contributed by atoms with E-state index in [9.17, 15) is 14.7 Å². The number of amides is 2. The van der Waals surface area contributed by atoms with Gasteiger partial charge in [-0.15, -0.1) is 0 Å². The second-order valence-electron chi connectivity index (χ2n) is 5.17. The summed E-state index contributed by atoms with van der Waals surface area (Å²) in [7, 11) is 1.70. The maximum absolute atomic E-state index is 11.9. The van der Waals surface area contributed by atoms with Crippen LogP contribution in [0.3, 0.4) is 0 Å². The lowest BCUT2D eigenvalue weighted by Crippen LogP contribution is -2.45. The number of hydrogen-bond donors (Lipinski definition) is 3. The molecule has 1 aliphatic rings. The van der Waals surface area contributed by atoms with Gasteiger partial charge in [0.1, 0.15) is 0 Å². The van der Waals surface area contributed by atoms with Gasteiger partial charge in [0.2, 0.25) is 0 Å². The van der Waals surface area contributed by atoms with Crippen LogP contribution in [0.2, 0.25) is 0 Å². The minimum absolute atomic E-state index is 0.145. The summed E-state index contributed by atoms with van der Waals surface area (Å²) in [5, 5.41) is 18.5. The highest BCUT2D eigenvalue weighted by Gasteiger charge is 2.24. The van der Waals surface area contributed by atoms with E-state index >= 15 is 0 Å². The number of nitrogens with zero attached hydrogens (tertiary/aromatic N) is 2. The molecule has 3 N–H and O–H groups in total. The second kappa shape index (κ2) is 6.40. The van der Waals surface area contributed by atoms with Gasteiger partial charge in [0.25, 0.3) is 0 Å². The van der Waals surface area contributed by atoms with E-state index in [4.69, 9.17) is 0 Å². The summed E-state index contributed by atoms with van der Waals surface area (Å²) in [5.41, 5.74) is 0.457. The minimum atomic E-state index is -1.10. The Morgan fingerprint density at radius 2 is 2.10 bits per heavy atom. The molecule has 1 aromatic heterocycles. The molecule has 1 aliphatic carbocycles. The first-order valence-corrected chi connectivity index (χ1v) is 6.84. The standard InChI is InChI=1S/C13H20N4O3/c1-17-8-9(7-14-17)11(12(18)19)16-13(20)15-10-5-3-2-4-6-10/h7-8,10-11H,2-6H2,1H3,(H,18,19)(H2,15,16,20). The van der Waals surface area contributed by atoms with Gasteiger partial charge in [0.15, 0.2) is 6.04 Å². The molecule has 0 aliphatic heterocycles. The number of rotatable bonds is 4. The molecule has 110 valence electrons. The van der Waals surface area contributed by atoms with Gasteiger partial charge in [-0.2, -0.15) is 5.10 Å². The van der Waals surface area contributed by atoms with Crippen LogP contribution in [0.4, 0.5) is 4.79 Å². The predicted molar refractivity (Wildman–Crippen MR) is 72.1 cm³/mol. The number of hydrogen-bond acceptors (Lipinski definition) is 3. The number of carboxylic acids is 1. The van der Waals surface area contributed by atoms with Crippen LogP contribution in [0, 0.1) is 0 Å². The van der Waals surface area contributed by atoms with Crippen molar-refractivity contribution in [2.24, 2.45) is 7.05 Å². The summed E-state index contributed by atoms with van der Waals surface area (Å²) in [4.78, 5) is 23.2. The molecule has 0 saturated heterocycles. The molecule has 1 saturated carbocycles. The third kappa shape index (κ3) is 3.72. The van der Waals surface area contributed by atoms with Crippen LogP contribution < -0.4 is 10.6 Å². The van der Waals surface area contributed by atoms with Crippen LogP contribution in [0.25, 0.3) is 0 Å².